The Balaban J connectivity index is 2.00. The van der Waals surface area contributed by atoms with Gasteiger partial charge in [0, 0.05) is 52.4 Å². The number of rotatable bonds is 14. The first kappa shape index (κ1) is 45.9. The van der Waals surface area contributed by atoms with Crippen molar-refractivity contribution in [1.82, 2.24) is 36.5 Å². The monoisotopic (exact) mass is 898 g/mol. The van der Waals surface area contributed by atoms with Gasteiger partial charge in [-0.3, -0.25) is 55.7 Å². The van der Waals surface area contributed by atoms with Gasteiger partial charge in [0.2, 0.25) is 23.5 Å². The van der Waals surface area contributed by atoms with E-state index in [1.54, 1.807) is 55.4 Å². The first-order valence-corrected chi connectivity index (χ1v) is 21.5. The van der Waals surface area contributed by atoms with Gasteiger partial charge in [-0.05, 0) is 115 Å². The summed E-state index contributed by atoms with van der Waals surface area (Å²) in [6, 6.07) is 6.12. The Labute approximate surface area is 365 Å². The molecule has 0 aliphatic rings. The summed E-state index contributed by atoms with van der Waals surface area (Å²) in [7, 11) is 0. The number of aromatic nitrogens is 8. The second-order valence-electron chi connectivity index (χ2n) is 13.8. The molecular weight excluding hydrogens is 849 g/mol. The fourth-order valence-corrected chi connectivity index (χ4v) is 9.65. The highest BCUT2D eigenvalue weighted by Crippen LogP contribution is 2.41. The zero-order valence-electron chi connectivity index (χ0n) is 34.8. The van der Waals surface area contributed by atoms with E-state index in [2.05, 4.69) is 0 Å². The lowest BCUT2D eigenvalue weighted by molar-refractivity contribution is 0.379. The lowest BCUT2D eigenvalue weighted by Gasteiger charge is -2.26. The van der Waals surface area contributed by atoms with E-state index in [1.807, 2.05) is 0 Å². The van der Waals surface area contributed by atoms with Crippen molar-refractivity contribution in [2.45, 2.75) is 120 Å². The Morgan fingerprint density at radius 3 is 0.683 bits per heavy atom. The molecule has 16 nitrogen and oxygen atoms in total. The first-order valence-electron chi connectivity index (χ1n) is 19.8. The summed E-state index contributed by atoms with van der Waals surface area (Å²) in [5, 5.41) is 47.5. The molecule has 4 N–H and O–H groups in total. The van der Waals surface area contributed by atoms with E-state index in [-0.39, 0.29) is 105 Å². The SMILES string of the molecule is CCn1c(O)c(C(c2ccc(C(c3c(O)n(CC)c(=S)n(CC)c3=O)c3c(O)n(CC)c(=S)n(CC)c3=O)cc2)c2c(O)n(CC)c(=S)n(CC)c2=O)c(=O)n(CC)c1=S. The number of nitrogens with zero attached hydrogens (tertiary/aromatic N) is 8. The van der Waals surface area contributed by atoms with Crippen LogP contribution in [0.25, 0.3) is 0 Å². The molecule has 0 saturated carbocycles. The van der Waals surface area contributed by atoms with Crippen LogP contribution in [0.5, 0.6) is 23.5 Å². The van der Waals surface area contributed by atoms with Gasteiger partial charge < -0.3 is 20.4 Å². The van der Waals surface area contributed by atoms with Crippen molar-refractivity contribution in [2.24, 2.45) is 0 Å². The minimum absolute atomic E-state index is 0.0572. The topological polar surface area (TPSA) is 189 Å². The first-order chi connectivity index (χ1) is 28.5. The summed E-state index contributed by atoms with van der Waals surface area (Å²) >= 11 is 22.3. The number of aromatic hydroxyl groups is 4. The molecular formula is C40H50N8O8S4. The Kier molecular flexibility index (Phi) is 13.9. The van der Waals surface area contributed by atoms with Crippen LogP contribution in [0.3, 0.4) is 0 Å². The summed E-state index contributed by atoms with van der Waals surface area (Å²) < 4.78 is 10.8. The van der Waals surface area contributed by atoms with Crippen LogP contribution in [-0.4, -0.2) is 57.0 Å². The van der Waals surface area contributed by atoms with E-state index in [9.17, 15) is 39.6 Å². The second kappa shape index (κ2) is 18.2. The van der Waals surface area contributed by atoms with E-state index in [0.29, 0.717) is 0 Å². The molecule has 4 heterocycles. The quantitative estimate of drug-likeness (QED) is 0.0983. The van der Waals surface area contributed by atoms with Gasteiger partial charge in [0.1, 0.15) is 0 Å². The van der Waals surface area contributed by atoms with Crippen molar-refractivity contribution in [2.75, 3.05) is 0 Å². The van der Waals surface area contributed by atoms with Crippen LogP contribution in [0.1, 0.15) is 101 Å². The van der Waals surface area contributed by atoms with Crippen molar-refractivity contribution in [3.63, 3.8) is 0 Å². The average Bonchev–Trinajstić information content (AvgIpc) is 3.21. The molecule has 0 spiro atoms. The Hall–Kier alpha value is -5.18. The lowest BCUT2D eigenvalue weighted by Crippen LogP contribution is -2.35. The molecule has 0 unspecified atom stereocenters. The van der Waals surface area contributed by atoms with Crippen molar-refractivity contribution >= 4 is 48.9 Å². The molecule has 0 saturated heterocycles. The van der Waals surface area contributed by atoms with Crippen LogP contribution in [0.2, 0.25) is 0 Å². The number of hydrogen-bond donors (Lipinski definition) is 4. The fraction of sp³-hybridized carbons (Fsp3) is 0.450. The standard InChI is InChI=1S/C40H50N8O8S4/c1-9-41-29(49)25(30(50)42(10-2)37(41)57)23(26-31(51)43(11-3)38(58)44(12-4)32(26)52)21-17-19-22(20-18-21)24(27-33(53)45(13-5)39(59)46(14-6)34(27)54)28-35(55)47(15-7)40(60)48(16-8)36(28)56/h17-20,23-24,49,51,53,55H,9-16H2,1-8H3. The maximum Gasteiger partial charge on any atom is 0.262 e. The van der Waals surface area contributed by atoms with Crippen LogP contribution in [0.15, 0.2) is 43.4 Å². The maximum absolute atomic E-state index is 14.4. The molecule has 4 aromatic heterocycles. The van der Waals surface area contributed by atoms with Crippen LogP contribution < -0.4 is 22.2 Å². The van der Waals surface area contributed by atoms with E-state index in [0.717, 1.165) is 0 Å². The Bertz CT molecular complexity index is 2620. The highest BCUT2D eigenvalue weighted by molar-refractivity contribution is 7.71. The molecule has 0 radical (unpaired) electrons. The van der Waals surface area contributed by atoms with Crippen LogP contribution in [0, 0.1) is 19.1 Å². The summed E-state index contributed by atoms with van der Waals surface area (Å²) in [6.45, 7) is 15.0. The smallest absolute Gasteiger partial charge is 0.262 e. The van der Waals surface area contributed by atoms with Gasteiger partial charge in [-0.15, -0.1) is 0 Å². The molecule has 5 aromatic rings. The Morgan fingerprint density at radius 2 is 0.533 bits per heavy atom. The fourth-order valence-electron chi connectivity index (χ4n) is 7.94. The third kappa shape index (κ3) is 7.15. The molecule has 60 heavy (non-hydrogen) atoms. The molecule has 0 fully saturated rings. The molecule has 0 aliphatic heterocycles. The summed E-state index contributed by atoms with van der Waals surface area (Å²) in [6.07, 6.45) is 0. The molecule has 0 aliphatic carbocycles. The van der Waals surface area contributed by atoms with Gasteiger partial charge >= 0.3 is 0 Å². The molecule has 20 heteroatoms. The molecule has 1 aromatic carbocycles. The van der Waals surface area contributed by atoms with Gasteiger partial charge in [0.25, 0.3) is 22.2 Å². The van der Waals surface area contributed by atoms with E-state index in [4.69, 9.17) is 48.9 Å². The van der Waals surface area contributed by atoms with Crippen molar-refractivity contribution in [3.05, 3.63) is 118 Å². The maximum atomic E-state index is 14.4. The van der Waals surface area contributed by atoms with Gasteiger partial charge in [-0.2, -0.15) is 0 Å². The average molecular weight is 899 g/mol. The van der Waals surface area contributed by atoms with E-state index < -0.39 is 57.6 Å². The van der Waals surface area contributed by atoms with E-state index in [1.165, 1.54) is 60.8 Å². The number of benzene rings is 1. The second-order valence-corrected chi connectivity index (χ2v) is 15.2. The van der Waals surface area contributed by atoms with Crippen molar-refractivity contribution in [3.8, 4) is 23.5 Å². The summed E-state index contributed by atoms with van der Waals surface area (Å²) in [5.41, 5.74) is -3.27. The minimum atomic E-state index is -1.42. The van der Waals surface area contributed by atoms with Crippen LogP contribution >= 0.6 is 48.9 Å². The van der Waals surface area contributed by atoms with Gasteiger partial charge in [-0.25, -0.2) is 0 Å². The summed E-state index contributed by atoms with van der Waals surface area (Å²) in [4.78, 5) is 57.8. The number of hydrogen-bond acceptors (Lipinski definition) is 12. The largest absolute Gasteiger partial charge is 0.494 e. The zero-order valence-corrected chi connectivity index (χ0v) is 38.0. The molecule has 0 bridgehead atoms. The van der Waals surface area contributed by atoms with Crippen LogP contribution in [0.4, 0.5) is 0 Å². The molecule has 0 amide bonds. The van der Waals surface area contributed by atoms with Gasteiger partial charge in [0.15, 0.2) is 19.1 Å². The summed E-state index contributed by atoms with van der Waals surface area (Å²) in [5.74, 6) is -4.87. The Morgan fingerprint density at radius 1 is 0.367 bits per heavy atom. The minimum Gasteiger partial charge on any atom is -0.494 e. The van der Waals surface area contributed by atoms with Crippen molar-refractivity contribution in [1.29, 1.82) is 0 Å². The van der Waals surface area contributed by atoms with Crippen molar-refractivity contribution < 1.29 is 20.4 Å². The van der Waals surface area contributed by atoms with Crippen LogP contribution in [-0.2, 0) is 52.4 Å². The molecule has 0 atom stereocenters. The van der Waals surface area contributed by atoms with E-state index >= 15 is 0 Å². The highest BCUT2D eigenvalue weighted by atomic mass is 32.1. The normalized spacial score (nSPS) is 11.6. The third-order valence-electron chi connectivity index (χ3n) is 11.0. The third-order valence-corrected chi connectivity index (χ3v) is 12.8. The predicted molar refractivity (Wildman–Crippen MR) is 238 cm³/mol. The van der Waals surface area contributed by atoms with Gasteiger partial charge in [0.05, 0.1) is 34.1 Å². The van der Waals surface area contributed by atoms with Gasteiger partial charge in [-0.1, -0.05) is 24.3 Å². The lowest BCUT2D eigenvalue weighted by atomic mass is 9.82. The zero-order chi connectivity index (χ0) is 44.7. The molecule has 5 rings (SSSR count). The predicted octanol–water partition coefficient (Wildman–Crippen LogP) is 5.80. The molecule has 322 valence electrons. The highest BCUT2D eigenvalue weighted by Gasteiger charge is 2.36.